The summed E-state index contributed by atoms with van der Waals surface area (Å²) in [7, 11) is 3.85. The van der Waals surface area contributed by atoms with Crippen LogP contribution < -0.4 is 14.5 Å². The number of nitrogens with zero attached hydrogens (tertiary/aromatic N) is 2. The van der Waals surface area contributed by atoms with Crippen LogP contribution in [-0.4, -0.2) is 37.5 Å². The summed E-state index contributed by atoms with van der Waals surface area (Å²) < 4.78 is 5.65. The first-order chi connectivity index (χ1) is 16.3. The molecular formula is C27H25ClN2O4. The number of amides is 1. The quantitative estimate of drug-likeness (QED) is 0.292. The molecule has 0 aliphatic carbocycles. The number of rotatable bonds is 6. The largest absolute Gasteiger partial charge is 0.507 e. The Kier molecular flexibility index (Phi) is 6.61. The fourth-order valence-electron chi connectivity index (χ4n) is 4.03. The van der Waals surface area contributed by atoms with Crippen LogP contribution in [0.4, 0.5) is 11.4 Å². The fraction of sp³-hybridized carbons (Fsp3) is 0.185. The van der Waals surface area contributed by atoms with Crippen LogP contribution in [-0.2, 0) is 9.59 Å². The number of halogens is 1. The topological polar surface area (TPSA) is 70.1 Å². The Bertz CT molecular complexity index is 1250. The fourth-order valence-corrected chi connectivity index (χ4v) is 4.16. The van der Waals surface area contributed by atoms with E-state index in [1.54, 1.807) is 48.5 Å². The zero-order valence-electron chi connectivity index (χ0n) is 19.2. The van der Waals surface area contributed by atoms with E-state index in [0.29, 0.717) is 34.2 Å². The average molecular weight is 477 g/mol. The molecule has 7 heteroatoms. The number of carbonyl (C=O) groups excluding carboxylic acids is 2. The molecule has 0 aromatic heterocycles. The van der Waals surface area contributed by atoms with E-state index in [9.17, 15) is 14.7 Å². The van der Waals surface area contributed by atoms with Crippen molar-refractivity contribution in [2.24, 2.45) is 0 Å². The first-order valence-electron chi connectivity index (χ1n) is 10.9. The molecule has 0 saturated carbocycles. The van der Waals surface area contributed by atoms with Crippen molar-refractivity contribution in [3.63, 3.8) is 0 Å². The molecule has 0 bridgehead atoms. The lowest BCUT2D eigenvalue weighted by atomic mass is 9.95. The van der Waals surface area contributed by atoms with Gasteiger partial charge in [-0.15, -0.1) is 0 Å². The second kappa shape index (κ2) is 9.61. The van der Waals surface area contributed by atoms with E-state index in [2.05, 4.69) is 0 Å². The SMILES string of the molecule is CCOc1cccc(C2/C(=C(/O)c3ccc(Cl)cc3)C(=O)C(=O)N2c2ccc(N(C)C)cc2)c1. The number of ketones is 1. The van der Waals surface area contributed by atoms with Crippen molar-refractivity contribution in [1.29, 1.82) is 0 Å². The summed E-state index contributed by atoms with van der Waals surface area (Å²) in [5.41, 5.74) is 2.57. The van der Waals surface area contributed by atoms with Gasteiger partial charge in [0.1, 0.15) is 11.5 Å². The zero-order chi connectivity index (χ0) is 24.4. The summed E-state index contributed by atoms with van der Waals surface area (Å²) in [5, 5.41) is 11.7. The standard InChI is InChI=1S/C27H25ClN2O4/c1-4-34-22-7-5-6-18(16-22)24-23(25(31)17-8-10-19(28)11-9-17)26(32)27(33)30(24)21-14-12-20(13-15-21)29(2)3/h5-16,24,31H,4H2,1-3H3/b25-23-. The third kappa shape index (κ3) is 4.37. The minimum Gasteiger partial charge on any atom is -0.507 e. The Morgan fingerprint density at radius 2 is 1.71 bits per heavy atom. The van der Waals surface area contributed by atoms with Gasteiger partial charge < -0.3 is 14.7 Å². The van der Waals surface area contributed by atoms with Gasteiger partial charge in [-0.05, 0) is 73.2 Å². The number of Topliss-reactive ketones (excluding diaryl/α,β-unsaturated/α-hetero) is 1. The van der Waals surface area contributed by atoms with Crippen LogP contribution in [0.25, 0.3) is 5.76 Å². The molecule has 1 fully saturated rings. The van der Waals surface area contributed by atoms with E-state index < -0.39 is 17.7 Å². The molecule has 1 unspecified atom stereocenters. The van der Waals surface area contributed by atoms with E-state index in [4.69, 9.17) is 16.3 Å². The van der Waals surface area contributed by atoms with Gasteiger partial charge in [-0.25, -0.2) is 0 Å². The molecule has 1 amide bonds. The van der Waals surface area contributed by atoms with E-state index >= 15 is 0 Å². The first kappa shape index (κ1) is 23.4. The summed E-state index contributed by atoms with van der Waals surface area (Å²) in [4.78, 5) is 29.9. The van der Waals surface area contributed by atoms with Crippen molar-refractivity contribution in [2.45, 2.75) is 13.0 Å². The molecule has 3 aromatic rings. The molecule has 34 heavy (non-hydrogen) atoms. The smallest absolute Gasteiger partial charge is 0.300 e. The van der Waals surface area contributed by atoms with E-state index in [1.807, 2.05) is 50.2 Å². The predicted molar refractivity (Wildman–Crippen MR) is 135 cm³/mol. The van der Waals surface area contributed by atoms with E-state index in [0.717, 1.165) is 5.69 Å². The number of aliphatic hydroxyl groups excluding tert-OH is 1. The van der Waals surface area contributed by atoms with Crippen molar-refractivity contribution in [2.75, 3.05) is 30.5 Å². The molecule has 0 spiro atoms. The number of aliphatic hydroxyl groups is 1. The van der Waals surface area contributed by atoms with Crippen molar-refractivity contribution < 1.29 is 19.4 Å². The minimum atomic E-state index is -0.832. The average Bonchev–Trinajstić information content (AvgIpc) is 3.10. The predicted octanol–water partition coefficient (Wildman–Crippen LogP) is 5.43. The highest BCUT2D eigenvalue weighted by Crippen LogP contribution is 2.43. The van der Waals surface area contributed by atoms with Gasteiger partial charge in [0.15, 0.2) is 0 Å². The Labute approximate surface area is 203 Å². The third-order valence-corrected chi connectivity index (χ3v) is 5.94. The number of anilines is 2. The Morgan fingerprint density at radius 1 is 1.03 bits per heavy atom. The number of hydrogen-bond acceptors (Lipinski definition) is 5. The van der Waals surface area contributed by atoms with Crippen molar-refractivity contribution in [3.8, 4) is 5.75 Å². The van der Waals surface area contributed by atoms with Crippen LogP contribution in [0.5, 0.6) is 5.75 Å². The molecule has 174 valence electrons. The van der Waals surface area contributed by atoms with Crippen molar-refractivity contribution in [3.05, 3.63) is 94.5 Å². The minimum absolute atomic E-state index is 0.0117. The normalized spacial score (nSPS) is 17.2. The maximum Gasteiger partial charge on any atom is 0.300 e. The molecule has 1 saturated heterocycles. The van der Waals surface area contributed by atoms with Crippen LogP contribution in [0.1, 0.15) is 24.1 Å². The van der Waals surface area contributed by atoms with Crippen LogP contribution in [0.2, 0.25) is 5.02 Å². The van der Waals surface area contributed by atoms with Gasteiger partial charge in [0.25, 0.3) is 11.7 Å². The molecule has 1 aliphatic heterocycles. The summed E-state index contributed by atoms with van der Waals surface area (Å²) in [6.45, 7) is 2.35. The summed E-state index contributed by atoms with van der Waals surface area (Å²) in [5.74, 6) is -1.11. The molecule has 1 atom stereocenters. The number of benzene rings is 3. The molecule has 1 aliphatic rings. The van der Waals surface area contributed by atoms with E-state index in [-0.39, 0.29) is 11.3 Å². The first-order valence-corrected chi connectivity index (χ1v) is 11.3. The highest BCUT2D eigenvalue weighted by atomic mass is 35.5. The summed E-state index contributed by atoms with van der Waals surface area (Å²) in [6.07, 6.45) is 0. The number of hydrogen-bond donors (Lipinski definition) is 1. The Hall–Kier alpha value is -3.77. The third-order valence-electron chi connectivity index (χ3n) is 5.69. The lowest BCUT2D eigenvalue weighted by Gasteiger charge is -2.26. The van der Waals surface area contributed by atoms with Crippen molar-refractivity contribution >= 4 is 40.4 Å². The highest BCUT2D eigenvalue weighted by Gasteiger charge is 2.47. The molecule has 3 aromatic carbocycles. The zero-order valence-corrected chi connectivity index (χ0v) is 19.9. The van der Waals surface area contributed by atoms with Crippen LogP contribution in [0, 0.1) is 0 Å². The second-order valence-corrected chi connectivity index (χ2v) is 8.53. The van der Waals surface area contributed by atoms with Crippen LogP contribution in [0.15, 0.2) is 78.4 Å². The van der Waals surface area contributed by atoms with Gasteiger partial charge in [-0.1, -0.05) is 23.7 Å². The van der Waals surface area contributed by atoms with E-state index in [1.165, 1.54) is 4.90 Å². The lowest BCUT2D eigenvalue weighted by molar-refractivity contribution is -0.132. The Balaban J connectivity index is 1.91. The molecular weight excluding hydrogens is 452 g/mol. The molecule has 4 rings (SSSR count). The van der Waals surface area contributed by atoms with Gasteiger partial charge in [-0.2, -0.15) is 0 Å². The maximum absolute atomic E-state index is 13.3. The summed E-state index contributed by atoms with van der Waals surface area (Å²) in [6, 6.07) is 20.2. The van der Waals surface area contributed by atoms with Crippen molar-refractivity contribution in [1.82, 2.24) is 0 Å². The number of ether oxygens (including phenoxy) is 1. The van der Waals surface area contributed by atoms with Gasteiger partial charge >= 0.3 is 0 Å². The molecule has 1 N–H and O–H groups in total. The molecule has 6 nitrogen and oxygen atoms in total. The van der Waals surface area contributed by atoms with Crippen LogP contribution in [0.3, 0.4) is 0 Å². The number of carbonyl (C=O) groups is 2. The lowest BCUT2D eigenvalue weighted by Crippen LogP contribution is -2.29. The maximum atomic E-state index is 13.3. The molecule has 0 radical (unpaired) electrons. The second-order valence-electron chi connectivity index (χ2n) is 8.09. The summed E-state index contributed by atoms with van der Waals surface area (Å²) >= 11 is 5.99. The highest BCUT2D eigenvalue weighted by molar-refractivity contribution is 6.51. The van der Waals surface area contributed by atoms with Gasteiger partial charge in [0, 0.05) is 36.1 Å². The Morgan fingerprint density at radius 3 is 2.32 bits per heavy atom. The van der Waals surface area contributed by atoms with Gasteiger partial charge in [0.05, 0.1) is 18.2 Å². The van der Waals surface area contributed by atoms with Crippen LogP contribution >= 0.6 is 11.6 Å². The molecule has 1 heterocycles. The monoisotopic (exact) mass is 476 g/mol. The van der Waals surface area contributed by atoms with Gasteiger partial charge in [-0.3, -0.25) is 14.5 Å². The van der Waals surface area contributed by atoms with Gasteiger partial charge in [0.2, 0.25) is 0 Å².